The van der Waals surface area contributed by atoms with Crippen molar-refractivity contribution < 1.29 is 13.2 Å². The van der Waals surface area contributed by atoms with Gasteiger partial charge >= 0.3 is 0 Å². The fourth-order valence-electron chi connectivity index (χ4n) is 1.88. The van der Waals surface area contributed by atoms with E-state index in [1.54, 1.807) is 43.3 Å². The van der Waals surface area contributed by atoms with Crippen LogP contribution < -0.4 is 10.5 Å². The lowest BCUT2D eigenvalue weighted by Gasteiger charge is -2.11. The first-order valence-electron chi connectivity index (χ1n) is 6.48. The van der Waals surface area contributed by atoms with Crippen molar-refractivity contribution in [3.8, 4) is 0 Å². The first-order valence-corrected chi connectivity index (χ1v) is 8.34. The van der Waals surface area contributed by atoms with E-state index in [-0.39, 0.29) is 9.92 Å². The molecule has 22 heavy (non-hydrogen) atoms. The highest BCUT2D eigenvalue weighted by molar-refractivity contribution is 7.92. The van der Waals surface area contributed by atoms with Crippen LogP contribution in [0, 0.1) is 0 Å². The summed E-state index contributed by atoms with van der Waals surface area (Å²) in [6.07, 6.45) is 0. The third kappa shape index (κ3) is 3.58. The molecule has 116 valence electrons. The van der Waals surface area contributed by atoms with Crippen LogP contribution in [-0.4, -0.2) is 14.3 Å². The number of sulfonamides is 1. The molecule has 0 aliphatic rings. The van der Waals surface area contributed by atoms with Crippen LogP contribution in [-0.2, 0) is 14.8 Å². The number of nitrogens with one attached hydrogen (secondary N) is 1. The molecule has 0 radical (unpaired) electrons. The molecule has 0 spiro atoms. The van der Waals surface area contributed by atoms with Gasteiger partial charge < -0.3 is 5.73 Å². The van der Waals surface area contributed by atoms with Gasteiger partial charge in [-0.3, -0.25) is 9.52 Å². The van der Waals surface area contributed by atoms with Gasteiger partial charge in [0.15, 0.2) is 0 Å². The summed E-state index contributed by atoms with van der Waals surface area (Å²) in [6, 6.07) is 12.6. The largest absolute Gasteiger partial charge is 0.369 e. The number of primary amides is 1. The van der Waals surface area contributed by atoms with E-state index in [1.807, 2.05) is 0 Å². The standard InChI is InChI=1S/C15H15ClN2O3S/c1-10(15(17)19)11-6-8-12(9-7-11)18-22(20,21)14-5-3-2-4-13(14)16/h2-10,18H,1H3,(H2,17,19)/t10-/m0/s1. The van der Waals surface area contributed by atoms with E-state index in [4.69, 9.17) is 17.3 Å². The van der Waals surface area contributed by atoms with E-state index in [0.29, 0.717) is 11.3 Å². The van der Waals surface area contributed by atoms with E-state index < -0.39 is 21.8 Å². The van der Waals surface area contributed by atoms with E-state index >= 15 is 0 Å². The molecule has 0 saturated carbocycles. The molecule has 0 aliphatic heterocycles. The van der Waals surface area contributed by atoms with Gasteiger partial charge in [0.25, 0.3) is 10.0 Å². The van der Waals surface area contributed by atoms with Gasteiger partial charge in [0.05, 0.1) is 10.9 Å². The van der Waals surface area contributed by atoms with Gasteiger partial charge in [-0.2, -0.15) is 0 Å². The van der Waals surface area contributed by atoms with Crippen LogP contribution in [0.25, 0.3) is 0 Å². The smallest absolute Gasteiger partial charge is 0.263 e. The summed E-state index contributed by atoms with van der Waals surface area (Å²) in [5.74, 6) is -0.876. The maximum Gasteiger partial charge on any atom is 0.263 e. The Kier molecular flexibility index (Phi) is 4.73. The molecule has 1 amide bonds. The van der Waals surface area contributed by atoms with Gasteiger partial charge in [-0.15, -0.1) is 0 Å². The van der Waals surface area contributed by atoms with Crippen LogP contribution in [0.3, 0.4) is 0 Å². The van der Waals surface area contributed by atoms with E-state index in [1.165, 1.54) is 12.1 Å². The minimum Gasteiger partial charge on any atom is -0.369 e. The Labute approximate surface area is 134 Å². The summed E-state index contributed by atoms with van der Waals surface area (Å²) < 4.78 is 27.0. The van der Waals surface area contributed by atoms with Crippen molar-refractivity contribution in [1.29, 1.82) is 0 Å². The fraction of sp³-hybridized carbons (Fsp3) is 0.133. The lowest BCUT2D eigenvalue weighted by atomic mass is 10.0. The predicted molar refractivity (Wildman–Crippen MR) is 86.3 cm³/mol. The summed E-state index contributed by atoms with van der Waals surface area (Å²) in [6.45, 7) is 1.69. The SMILES string of the molecule is C[C@H](C(N)=O)c1ccc(NS(=O)(=O)c2ccccc2Cl)cc1. The number of anilines is 1. The number of benzene rings is 2. The van der Waals surface area contributed by atoms with Crippen molar-refractivity contribution in [3.05, 3.63) is 59.1 Å². The minimum absolute atomic E-state index is 0.00578. The Bertz CT molecular complexity index is 789. The molecule has 0 fully saturated rings. The summed E-state index contributed by atoms with van der Waals surface area (Å²) in [5, 5.41) is 0.147. The number of nitrogens with two attached hydrogens (primary N) is 1. The van der Waals surface area contributed by atoms with Gasteiger partial charge in [0, 0.05) is 5.69 Å². The van der Waals surface area contributed by atoms with Crippen molar-refractivity contribution in [3.63, 3.8) is 0 Å². The molecule has 7 heteroatoms. The van der Waals surface area contributed by atoms with Gasteiger partial charge in [-0.05, 0) is 36.8 Å². The summed E-state index contributed by atoms with van der Waals surface area (Å²) in [4.78, 5) is 11.1. The van der Waals surface area contributed by atoms with E-state index in [2.05, 4.69) is 4.72 Å². The number of rotatable bonds is 5. The molecular formula is C15H15ClN2O3S. The molecule has 0 saturated heterocycles. The quantitative estimate of drug-likeness (QED) is 0.878. The number of carbonyl (C=O) groups is 1. The number of amides is 1. The molecule has 0 unspecified atom stereocenters. The zero-order valence-corrected chi connectivity index (χ0v) is 13.4. The van der Waals surface area contributed by atoms with Gasteiger partial charge in [-0.1, -0.05) is 35.9 Å². The van der Waals surface area contributed by atoms with Crippen molar-refractivity contribution in [2.75, 3.05) is 4.72 Å². The lowest BCUT2D eigenvalue weighted by Crippen LogP contribution is -2.18. The lowest BCUT2D eigenvalue weighted by molar-refractivity contribution is -0.119. The summed E-state index contributed by atoms with van der Waals surface area (Å²) in [5.41, 5.74) is 6.33. The van der Waals surface area contributed by atoms with Gasteiger partial charge in [-0.25, -0.2) is 8.42 Å². The van der Waals surface area contributed by atoms with Crippen LogP contribution in [0.2, 0.25) is 5.02 Å². The summed E-state index contributed by atoms with van der Waals surface area (Å²) >= 11 is 5.91. The van der Waals surface area contributed by atoms with Crippen LogP contribution in [0.5, 0.6) is 0 Å². The van der Waals surface area contributed by atoms with Crippen LogP contribution in [0.15, 0.2) is 53.4 Å². The maximum atomic E-state index is 12.3. The molecule has 1 atom stereocenters. The number of hydrogen-bond donors (Lipinski definition) is 2. The number of hydrogen-bond acceptors (Lipinski definition) is 3. The topological polar surface area (TPSA) is 89.3 Å². The molecule has 0 heterocycles. The first-order chi connectivity index (χ1) is 10.3. The molecule has 3 N–H and O–H groups in total. The number of carbonyl (C=O) groups excluding carboxylic acids is 1. The highest BCUT2D eigenvalue weighted by Gasteiger charge is 2.18. The monoisotopic (exact) mass is 338 g/mol. The normalized spacial score (nSPS) is 12.6. The number of halogens is 1. The van der Waals surface area contributed by atoms with Crippen LogP contribution in [0.1, 0.15) is 18.4 Å². The average molecular weight is 339 g/mol. The second kappa shape index (κ2) is 6.37. The Morgan fingerprint density at radius 2 is 1.73 bits per heavy atom. The van der Waals surface area contributed by atoms with Crippen molar-refractivity contribution in [1.82, 2.24) is 0 Å². The Morgan fingerprint density at radius 1 is 1.14 bits per heavy atom. The fourth-order valence-corrected chi connectivity index (χ4v) is 3.46. The minimum atomic E-state index is -3.77. The van der Waals surface area contributed by atoms with Crippen molar-refractivity contribution in [2.45, 2.75) is 17.7 Å². The van der Waals surface area contributed by atoms with Crippen LogP contribution in [0.4, 0.5) is 5.69 Å². The molecular weight excluding hydrogens is 324 g/mol. The second-order valence-corrected chi connectivity index (χ2v) is 6.84. The molecule has 0 bridgehead atoms. The Balaban J connectivity index is 2.24. The van der Waals surface area contributed by atoms with Crippen molar-refractivity contribution in [2.24, 2.45) is 5.73 Å². The molecule has 5 nitrogen and oxygen atoms in total. The molecule has 0 aliphatic carbocycles. The molecule has 0 aromatic heterocycles. The summed E-state index contributed by atoms with van der Waals surface area (Å²) in [7, 11) is -3.77. The molecule has 2 rings (SSSR count). The third-order valence-electron chi connectivity index (χ3n) is 3.22. The first kappa shape index (κ1) is 16.3. The highest BCUT2D eigenvalue weighted by Crippen LogP contribution is 2.24. The maximum absolute atomic E-state index is 12.3. The highest BCUT2D eigenvalue weighted by atomic mass is 35.5. The molecule has 2 aromatic carbocycles. The Morgan fingerprint density at radius 3 is 2.27 bits per heavy atom. The van der Waals surface area contributed by atoms with Gasteiger partial charge in [0.2, 0.25) is 5.91 Å². The zero-order valence-electron chi connectivity index (χ0n) is 11.8. The third-order valence-corrected chi connectivity index (χ3v) is 5.10. The van der Waals surface area contributed by atoms with Crippen molar-refractivity contribution >= 4 is 33.2 Å². The second-order valence-electron chi connectivity index (χ2n) is 4.78. The van der Waals surface area contributed by atoms with E-state index in [0.717, 1.165) is 0 Å². The average Bonchev–Trinajstić information content (AvgIpc) is 2.47. The molecule has 2 aromatic rings. The zero-order chi connectivity index (χ0) is 16.3. The van der Waals surface area contributed by atoms with Gasteiger partial charge in [0.1, 0.15) is 4.90 Å². The van der Waals surface area contributed by atoms with Crippen LogP contribution >= 0.6 is 11.6 Å². The Hall–Kier alpha value is -2.05. The predicted octanol–water partition coefficient (Wildman–Crippen LogP) is 2.73. The van der Waals surface area contributed by atoms with E-state index in [9.17, 15) is 13.2 Å².